The Labute approximate surface area is 128 Å². The van der Waals surface area contributed by atoms with E-state index >= 15 is 0 Å². The zero-order valence-corrected chi connectivity index (χ0v) is 13.0. The van der Waals surface area contributed by atoms with Crippen molar-refractivity contribution in [2.45, 2.75) is 12.5 Å². The van der Waals surface area contributed by atoms with Crippen molar-refractivity contribution in [1.29, 1.82) is 0 Å². The van der Waals surface area contributed by atoms with E-state index in [1.54, 1.807) is 25.3 Å². The number of thioether (sulfide) groups is 1. The lowest BCUT2D eigenvalue weighted by atomic mass is 10.1. The van der Waals surface area contributed by atoms with E-state index in [-0.39, 0.29) is 11.9 Å². The van der Waals surface area contributed by atoms with Crippen LogP contribution in [0.25, 0.3) is 0 Å². The molecule has 2 rings (SSSR count). The number of nitrogen functional groups attached to an aromatic ring is 1. The van der Waals surface area contributed by atoms with Crippen LogP contribution in [0.2, 0.25) is 5.02 Å². The van der Waals surface area contributed by atoms with Crippen LogP contribution in [0, 0.1) is 0 Å². The molecule has 1 aromatic rings. The fourth-order valence-electron chi connectivity index (χ4n) is 2.29. The molecule has 0 bridgehead atoms. The van der Waals surface area contributed by atoms with Crippen LogP contribution in [-0.4, -0.2) is 48.6 Å². The van der Waals surface area contributed by atoms with Gasteiger partial charge in [0.25, 0.3) is 5.91 Å². The highest BCUT2D eigenvalue weighted by Crippen LogP contribution is 2.26. The van der Waals surface area contributed by atoms with Gasteiger partial charge >= 0.3 is 0 Å². The van der Waals surface area contributed by atoms with Crippen molar-refractivity contribution >= 4 is 35.0 Å². The minimum Gasteiger partial charge on any atom is -0.398 e. The van der Waals surface area contributed by atoms with Gasteiger partial charge in [0.1, 0.15) is 0 Å². The lowest BCUT2D eigenvalue weighted by molar-refractivity contribution is 0.0626. The van der Waals surface area contributed by atoms with Crippen LogP contribution in [-0.2, 0) is 4.74 Å². The molecule has 1 heterocycles. The van der Waals surface area contributed by atoms with Crippen molar-refractivity contribution in [3.63, 3.8) is 0 Å². The van der Waals surface area contributed by atoms with Gasteiger partial charge in [-0.2, -0.15) is 11.8 Å². The molecule has 0 radical (unpaired) electrons. The Morgan fingerprint density at radius 1 is 1.60 bits per heavy atom. The van der Waals surface area contributed by atoms with E-state index in [0.29, 0.717) is 29.4 Å². The van der Waals surface area contributed by atoms with E-state index < -0.39 is 0 Å². The zero-order valence-electron chi connectivity index (χ0n) is 11.5. The molecular weight excluding hydrogens is 296 g/mol. The van der Waals surface area contributed by atoms with Gasteiger partial charge < -0.3 is 15.4 Å². The van der Waals surface area contributed by atoms with Crippen molar-refractivity contribution in [2.24, 2.45) is 0 Å². The van der Waals surface area contributed by atoms with E-state index in [1.165, 1.54) is 0 Å². The van der Waals surface area contributed by atoms with Gasteiger partial charge in [-0.3, -0.25) is 4.79 Å². The van der Waals surface area contributed by atoms with Gasteiger partial charge in [-0.25, -0.2) is 0 Å². The highest BCUT2D eigenvalue weighted by Gasteiger charge is 2.28. The molecule has 1 saturated heterocycles. The summed E-state index contributed by atoms with van der Waals surface area (Å²) in [5, 5.41) is 0.541. The van der Waals surface area contributed by atoms with E-state index in [1.807, 2.05) is 16.7 Å². The number of benzene rings is 1. The number of nitrogens with two attached hydrogens (primary N) is 1. The van der Waals surface area contributed by atoms with Crippen LogP contribution in [0.5, 0.6) is 0 Å². The molecule has 0 saturated carbocycles. The number of hydrogen-bond acceptors (Lipinski definition) is 4. The lowest BCUT2D eigenvalue weighted by Gasteiger charge is -2.29. The van der Waals surface area contributed by atoms with Crippen LogP contribution < -0.4 is 5.73 Å². The summed E-state index contributed by atoms with van der Waals surface area (Å²) in [6.45, 7) is 1.11. The van der Waals surface area contributed by atoms with Gasteiger partial charge in [0.15, 0.2) is 0 Å². The Hall–Kier alpha value is -0.910. The molecule has 110 valence electrons. The quantitative estimate of drug-likeness (QED) is 0.849. The molecule has 0 aliphatic carbocycles. The van der Waals surface area contributed by atoms with E-state index in [0.717, 1.165) is 17.9 Å². The smallest absolute Gasteiger partial charge is 0.256 e. The molecule has 1 fully saturated rings. The van der Waals surface area contributed by atoms with Crippen molar-refractivity contribution in [2.75, 3.05) is 37.5 Å². The monoisotopic (exact) mass is 314 g/mol. The SMILES string of the molecule is COCCN(C(=O)c1ccc(Cl)cc1N)C1CCSC1. The Balaban J connectivity index is 2.20. The summed E-state index contributed by atoms with van der Waals surface area (Å²) in [4.78, 5) is 14.6. The Bertz CT molecular complexity index is 478. The Morgan fingerprint density at radius 2 is 2.40 bits per heavy atom. The molecule has 20 heavy (non-hydrogen) atoms. The summed E-state index contributed by atoms with van der Waals surface area (Å²) in [5.74, 6) is 2.03. The number of halogens is 1. The third kappa shape index (κ3) is 3.59. The summed E-state index contributed by atoms with van der Waals surface area (Å²) < 4.78 is 5.11. The fourth-order valence-corrected chi connectivity index (χ4v) is 3.70. The molecule has 6 heteroatoms. The van der Waals surface area contributed by atoms with Crippen molar-refractivity contribution in [3.05, 3.63) is 28.8 Å². The topological polar surface area (TPSA) is 55.6 Å². The zero-order chi connectivity index (χ0) is 14.5. The minimum absolute atomic E-state index is 0.0382. The third-order valence-electron chi connectivity index (χ3n) is 3.39. The van der Waals surface area contributed by atoms with E-state index in [2.05, 4.69) is 0 Å². The molecule has 2 N–H and O–H groups in total. The molecule has 4 nitrogen and oxygen atoms in total. The summed E-state index contributed by atoms with van der Waals surface area (Å²) in [5.41, 5.74) is 6.86. The maximum atomic E-state index is 12.7. The van der Waals surface area contributed by atoms with Gasteiger partial charge in [-0.1, -0.05) is 11.6 Å². The molecule has 0 aromatic heterocycles. The Kier molecular flexibility index (Phi) is 5.57. The average molecular weight is 315 g/mol. The number of anilines is 1. The summed E-state index contributed by atoms with van der Waals surface area (Å²) in [6.07, 6.45) is 1.02. The highest BCUT2D eigenvalue weighted by atomic mass is 35.5. The second-order valence-electron chi connectivity index (χ2n) is 4.74. The third-order valence-corrected chi connectivity index (χ3v) is 4.77. The number of carbonyl (C=O) groups is 1. The average Bonchev–Trinajstić information content (AvgIpc) is 2.93. The number of amides is 1. The highest BCUT2D eigenvalue weighted by molar-refractivity contribution is 7.99. The van der Waals surface area contributed by atoms with E-state index in [4.69, 9.17) is 22.1 Å². The molecule has 1 amide bonds. The summed E-state index contributed by atoms with van der Waals surface area (Å²) in [7, 11) is 1.64. The van der Waals surface area contributed by atoms with Crippen LogP contribution in [0.15, 0.2) is 18.2 Å². The number of carbonyl (C=O) groups excluding carboxylic acids is 1. The first-order valence-corrected chi connectivity index (χ1v) is 8.09. The largest absolute Gasteiger partial charge is 0.398 e. The van der Waals surface area contributed by atoms with E-state index in [9.17, 15) is 4.79 Å². The summed E-state index contributed by atoms with van der Waals surface area (Å²) in [6, 6.07) is 5.27. The van der Waals surface area contributed by atoms with Crippen molar-refractivity contribution < 1.29 is 9.53 Å². The van der Waals surface area contributed by atoms with Gasteiger partial charge in [0.05, 0.1) is 12.2 Å². The van der Waals surface area contributed by atoms with Crippen LogP contribution in [0.3, 0.4) is 0 Å². The second kappa shape index (κ2) is 7.20. The molecule has 1 aliphatic heterocycles. The molecule has 1 aliphatic rings. The predicted molar refractivity (Wildman–Crippen MR) is 84.5 cm³/mol. The predicted octanol–water partition coefficient (Wildman–Crippen LogP) is 2.52. The first kappa shape index (κ1) is 15.5. The van der Waals surface area contributed by atoms with Crippen LogP contribution >= 0.6 is 23.4 Å². The van der Waals surface area contributed by atoms with Crippen LogP contribution in [0.4, 0.5) is 5.69 Å². The van der Waals surface area contributed by atoms with Gasteiger partial charge in [-0.05, 0) is 30.4 Å². The van der Waals surface area contributed by atoms with Crippen LogP contribution in [0.1, 0.15) is 16.8 Å². The molecule has 1 unspecified atom stereocenters. The first-order valence-electron chi connectivity index (χ1n) is 6.56. The second-order valence-corrected chi connectivity index (χ2v) is 6.33. The Morgan fingerprint density at radius 3 is 3.00 bits per heavy atom. The number of hydrogen-bond donors (Lipinski definition) is 1. The number of rotatable bonds is 5. The minimum atomic E-state index is -0.0382. The molecule has 1 atom stereocenters. The number of methoxy groups -OCH3 is 1. The van der Waals surface area contributed by atoms with Gasteiger partial charge in [0, 0.05) is 36.2 Å². The van der Waals surface area contributed by atoms with Gasteiger partial charge in [0.2, 0.25) is 0 Å². The number of ether oxygens (including phenoxy) is 1. The van der Waals surface area contributed by atoms with Gasteiger partial charge in [-0.15, -0.1) is 0 Å². The molecule has 1 aromatic carbocycles. The molecular formula is C14H19ClN2O2S. The van der Waals surface area contributed by atoms with Crippen molar-refractivity contribution in [1.82, 2.24) is 4.90 Å². The summed E-state index contributed by atoms with van der Waals surface area (Å²) >= 11 is 7.76. The fraction of sp³-hybridized carbons (Fsp3) is 0.500. The normalized spacial score (nSPS) is 18.2. The van der Waals surface area contributed by atoms with Crippen molar-refractivity contribution in [3.8, 4) is 0 Å². The first-order chi connectivity index (χ1) is 9.63. The lowest BCUT2D eigenvalue weighted by Crippen LogP contribution is -2.42. The maximum absolute atomic E-state index is 12.7. The number of nitrogens with zero attached hydrogens (tertiary/aromatic N) is 1. The maximum Gasteiger partial charge on any atom is 0.256 e. The molecule has 0 spiro atoms. The standard InChI is InChI=1S/C14H19ClN2O2S/c1-19-6-5-17(11-4-7-20-9-11)14(18)12-3-2-10(15)8-13(12)16/h2-3,8,11H,4-7,9,16H2,1H3.